The van der Waals surface area contributed by atoms with Gasteiger partial charge in [0.2, 0.25) is 17.7 Å². The number of fused-ring (bicyclic) bond motifs is 1. The van der Waals surface area contributed by atoms with Crippen molar-refractivity contribution in [1.29, 1.82) is 0 Å². The molecule has 1 aromatic heterocycles. The molecule has 0 aliphatic carbocycles. The number of benzene rings is 2. The van der Waals surface area contributed by atoms with Crippen LogP contribution in [-0.2, 0) is 32.0 Å². The molecule has 0 aliphatic rings. The maximum atomic E-state index is 13.6. The maximum absolute atomic E-state index is 13.6. The molecule has 3 rings (SSSR count). The Balaban J connectivity index is 1.88. The molecule has 0 saturated carbocycles. The Morgan fingerprint density at radius 2 is 1.41 bits per heavy atom. The minimum absolute atomic E-state index is 0.0132. The van der Waals surface area contributed by atoms with Crippen molar-refractivity contribution in [2.75, 3.05) is 11.5 Å². The van der Waals surface area contributed by atoms with Gasteiger partial charge in [-0.3, -0.25) is 14.4 Å². The highest BCUT2D eigenvalue weighted by Crippen LogP contribution is 2.19. The second kappa shape index (κ2) is 13.9. The van der Waals surface area contributed by atoms with Crippen LogP contribution in [-0.4, -0.2) is 74.6 Å². The summed E-state index contributed by atoms with van der Waals surface area (Å²) < 4.78 is 0. The average Bonchev–Trinajstić information content (AvgIpc) is 3.33. The third-order valence-corrected chi connectivity index (χ3v) is 6.83. The van der Waals surface area contributed by atoms with Gasteiger partial charge in [0, 0.05) is 41.4 Å². The second-order valence-corrected chi connectivity index (χ2v) is 9.66. The molecular formula is C26H31N5O6S2. The van der Waals surface area contributed by atoms with Gasteiger partial charge in [-0.05, 0) is 29.3 Å². The fourth-order valence-electron chi connectivity index (χ4n) is 3.90. The van der Waals surface area contributed by atoms with Gasteiger partial charge >= 0.3 is 5.97 Å². The van der Waals surface area contributed by atoms with E-state index in [0.29, 0.717) is 5.56 Å². The molecule has 11 nitrogen and oxygen atoms in total. The highest BCUT2D eigenvalue weighted by molar-refractivity contribution is 7.80. The van der Waals surface area contributed by atoms with E-state index < -0.39 is 47.9 Å². The minimum atomic E-state index is -1.28. The number of aromatic nitrogens is 1. The topological polar surface area (TPSA) is 187 Å². The number of rotatable bonds is 13. The van der Waals surface area contributed by atoms with Gasteiger partial charge in [-0.1, -0.05) is 30.3 Å². The van der Waals surface area contributed by atoms with Gasteiger partial charge in [-0.2, -0.15) is 25.3 Å². The van der Waals surface area contributed by atoms with Crippen LogP contribution in [0.1, 0.15) is 11.1 Å². The standard InChI is InChI=1S/C26H31N5O6S2/c27-18(12-38)23(33)29-21(10-15-11-28-19-4-2-1-3-17(15)19)25(35)30-20(9-14-5-7-16(32)8-6-14)24(34)31-22(13-39)26(36)37/h1-8,11,18,20-22,28,32,38-39H,9-10,12-13,27H2,(H,29,33)(H,30,35)(H,31,34)(H,36,37). The van der Waals surface area contributed by atoms with E-state index in [-0.39, 0.29) is 30.1 Å². The highest BCUT2D eigenvalue weighted by atomic mass is 32.1. The predicted molar refractivity (Wildman–Crippen MR) is 153 cm³/mol. The number of phenolic OH excluding ortho intramolecular Hbond substituents is 1. The molecule has 2 aromatic carbocycles. The quantitative estimate of drug-likeness (QED) is 0.132. The van der Waals surface area contributed by atoms with Crippen LogP contribution in [0.25, 0.3) is 10.9 Å². The molecule has 39 heavy (non-hydrogen) atoms. The number of carbonyl (C=O) groups is 4. The lowest BCUT2D eigenvalue weighted by atomic mass is 10.0. The summed E-state index contributed by atoms with van der Waals surface area (Å²) in [7, 11) is 0. The number of hydrogen-bond acceptors (Lipinski definition) is 8. The number of carboxylic acid groups (broad SMARTS) is 1. The first-order valence-electron chi connectivity index (χ1n) is 12.1. The van der Waals surface area contributed by atoms with E-state index in [2.05, 4.69) is 46.2 Å². The van der Waals surface area contributed by atoms with E-state index in [9.17, 15) is 29.4 Å². The molecule has 8 N–H and O–H groups in total. The van der Waals surface area contributed by atoms with Crippen LogP contribution in [0.3, 0.4) is 0 Å². The molecule has 3 aromatic rings. The number of aromatic hydroxyl groups is 1. The van der Waals surface area contributed by atoms with Crippen LogP contribution in [0.5, 0.6) is 5.75 Å². The van der Waals surface area contributed by atoms with Crippen molar-refractivity contribution < 1.29 is 29.4 Å². The molecule has 13 heteroatoms. The molecule has 1 heterocycles. The monoisotopic (exact) mass is 573 g/mol. The summed E-state index contributed by atoms with van der Waals surface area (Å²) >= 11 is 8.03. The predicted octanol–water partition coefficient (Wildman–Crippen LogP) is 0.385. The minimum Gasteiger partial charge on any atom is -0.508 e. The SMILES string of the molecule is NC(CS)C(=O)NC(Cc1c[nH]c2ccccc12)C(=O)NC(Cc1ccc(O)cc1)C(=O)NC(CS)C(=O)O. The first kappa shape index (κ1) is 29.9. The van der Waals surface area contributed by atoms with Crippen molar-refractivity contribution in [2.24, 2.45) is 5.73 Å². The zero-order chi connectivity index (χ0) is 28.5. The summed E-state index contributed by atoms with van der Waals surface area (Å²) in [5, 5.41) is 27.5. The van der Waals surface area contributed by atoms with E-state index in [1.54, 1.807) is 18.3 Å². The van der Waals surface area contributed by atoms with Crippen molar-refractivity contribution in [3.8, 4) is 5.75 Å². The van der Waals surface area contributed by atoms with E-state index >= 15 is 0 Å². The van der Waals surface area contributed by atoms with Gasteiger partial charge in [0.25, 0.3) is 0 Å². The van der Waals surface area contributed by atoms with Crippen molar-refractivity contribution in [3.63, 3.8) is 0 Å². The molecule has 0 aliphatic heterocycles. The van der Waals surface area contributed by atoms with Gasteiger partial charge < -0.3 is 36.9 Å². The Morgan fingerprint density at radius 1 is 0.821 bits per heavy atom. The van der Waals surface area contributed by atoms with E-state index in [0.717, 1.165) is 16.5 Å². The van der Waals surface area contributed by atoms with E-state index in [4.69, 9.17) is 5.73 Å². The van der Waals surface area contributed by atoms with Gasteiger partial charge in [0.05, 0.1) is 6.04 Å². The smallest absolute Gasteiger partial charge is 0.327 e. The molecule has 4 unspecified atom stereocenters. The molecule has 4 atom stereocenters. The fraction of sp³-hybridized carbons (Fsp3) is 0.308. The first-order valence-corrected chi connectivity index (χ1v) is 13.3. The lowest BCUT2D eigenvalue weighted by Gasteiger charge is -2.25. The number of nitrogens with one attached hydrogen (secondary N) is 4. The first-order chi connectivity index (χ1) is 18.6. The Kier molecular flexibility index (Phi) is 10.7. The number of nitrogens with two attached hydrogens (primary N) is 1. The molecule has 3 amide bonds. The lowest BCUT2D eigenvalue weighted by Crippen LogP contribution is -2.58. The zero-order valence-electron chi connectivity index (χ0n) is 20.8. The molecule has 0 radical (unpaired) electrons. The Labute approximate surface area is 235 Å². The molecule has 0 saturated heterocycles. The van der Waals surface area contributed by atoms with Gasteiger partial charge in [-0.15, -0.1) is 0 Å². The number of para-hydroxylation sites is 1. The molecule has 208 valence electrons. The number of carboxylic acids is 1. The third kappa shape index (κ3) is 8.15. The van der Waals surface area contributed by atoms with Crippen molar-refractivity contribution in [2.45, 2.75) is 37.0 Å². The van der Waals surface area contributed by atoms with Crippen LogP contribution >= 0.6 is 25.3 Å². The highest BCUT2D eigenvalue weighted by Gasteiger charge is 2.30. The number of phenols is 1. The second-order valence-electron chi connectivity index (χ2n) is 8.93. The molecule has 0 fully saturated rings. The van der Waals surface area contributed by atoms with Crippen LogP contribution < -0.4 is 21.7 Å². The number of amides is 3. The van der Waals surface area contributed by atoms with Crippen molar-refractivity contribution in [1.82, 2.24) is 20.9 Å². The number of aromatic amines is 1. The van der Waals surface area contributed by atoms with E-state index in [1.165, 1.54) is 12.1 Å². The summed E-state index contributed by atoms with van der Waals surface area (Å²) in [6.07, 6.45) is 1.81. The largest absolute Gasteiger partial charge is 0.508 e. The Bertz CT molecular complexity index is 1320. The van der Waals surface area contributed by atoms with Crippen molar-refractivity contribution in [3.05, 3.63) is 65.9 Å². The van der Waals surface area contributed by atoms with Crippen molar-refractivity contribution >= 4 is 59.9 Å². The lowest BCUT2D eigenvalue weighted by molar-refractivity contribution is -0.141. The van der Waals surface area contributed by atoms with Crippen LogP contribution in [0.15, 0.2) is 54.7 Å². The Hall–Kier alpha value is -3.68. The van der Waals surface area contributed by atoms with Gasteiger partial charge in [-0.25, -0.2) is 4.79 Å². The summed E-state index contributed by atoms with van der Waals surface area (Å²) in [5.41, 5.74) is 8.02. The summed E-state index contributed by atoms with van der Waals surface area (Å²) in [6.45, 7) is 0. The number of hydrogen-bond donors (Lipinski definition) is 9. The van der Waals surface area contributed by atoms with E-state index in [1.807, 2.05) is 24.3 Å². The van der Waals surface area contributed by atoms with Crippen LogP contribution in [0.4, 0.5) is 0 Å². The number of H-pyrrole nitrogens is 1. The maximum Gasteiger partial charge on any atom is 0.327 e. The zero-order valence-corrected chi connectivity index (χ0v) is 22.6. The Morgan fingerprint density at radius 3 is 2.03 bits per heavy atom. The number of thiol groups is 2. The fourth-order valence-corrected chi connectivity index (χ4v) is 4.31. The van der Waals surface area contributed by atoms with Gasteiger partial charge in [0.15, 0.2) is 0 Å². The summed E-state index contributed by atoms with van der Waals surface area (Å²) in [4.78, 5) is 53.9. The van der Waals surface area contributed by atoms with Crippen LogP contribution in [0.2, 0.25) is 0 Å². The number of carbonyl (C=O) groups excluding carboxylic acids is 3. The summed E-state index contributed by atoms with van der Waals surface area (Å²) in [5.74, 6) is -3.38. The number of aliphatic carboxylic acids is 1. The van der Waals surface area contributed by atoms with Gasteiger partial charge in [0.1, 0.15) is 23.9 Å². The molecular weight excluding hydrogens is 542 g/mol. The molecule has 0 spiro atoms. The normalized spacial score (nSPS) is 14.1. The molecule has 0 bridgehead atoms. The summed E-state index contributed by atoms with van der Waals surface area (Å²) in [6, 6.07) is 8.91. The van der Waals surface area contributed by atoms with Crippen LogP contribution in [0, 0.1) is 0 Å². The third-order valence-electron chi connectivity index (χ3n) is 6.07. The average molecular weight is 574 g/mol.